The summed E-state index contributed by atoms with van der Waals surface area (Å²) in [4.78, 5) is 12.0. The number of halogens is 1. The predicted molar refractivity (Wildman–Crippen MR) is 86.9 cm³/mol. The van der Waals surface area contributed by atoms with Gasteiger partial charge < -0.3 is 5.32 Å². The van der Waals surface area contributed by atoms with Crippen LogP contribution in [0.1, 0.15) is 29.6 Å². The lowest BCUT2D eigenvalue weighted by Gasteiger charge is -2.03. The van der Waals surface area contributed by atoms with E-state index in [1.54, 1.807) is 11.3 Å². The molecule has 0 bridgehead atoms. The number of carbonyl (C=O) groups is 1. The highest BCUT2D eigenvalue weighted by atomic mass is 127. The Balaban J connectivity index is 1.93. The van der Waals surface area contributed by atoms with Crippen molar-refractivity contribution < 1.29 is 4.79 Å². The molecule has 1 aromatic carbocycles. The average molecular weight is 373 g/mol. The molecule has 96 valence electrons. The van der Waals surface area contributed by atoms with Gasteiger partial charge in [0, 0.05) is 22.0 Å². The molecule has 1 heterocycles. The first-order valence-electron chi connectivity index (χ1n) is 6.13. The van der Waals surface area contributed by atoms with Gasteiger partial charge in [0.1, 0.15) is 0 Å². The second kappa shape index (κ2) is 7.09. The van der Waals surface area contributed by atoms with Crippen LogP contribution in [0.4, 0.5) is 0 Å². The van der Waals surface area contributed by atoms with Crippen LogP contribution >= 0.6 is 33.9 Å². The topological polar surface area (TPSA) is 29.1 Å². The molecule has 0 saturated carbocycles. The van der Waals surface area contributed by atoms with Crippen LogP contribution in [-0.2, 0) is 0 Å². The van der Waals surface area contributed by atoms with Crippen molar-refractivity contribution in [1.29, 1.82) is 0 Å². The zero-order chi connectivity index (χ0) is 12.8. The van der Waals surface area contributed by atoms with E-state index in [0.717, 1.165) is 23.9 Å². The molecule has 0 unspecified atom stereocenters. The molecule has 0 aliphatic heterocycles. The van der Waals surface area contributed by atoms with Crippen LogP contribution in [0.5, 0.6) is 0 Å². The summed E-state index contributed by atoms with van der Waals surface area (Å²) in [7, 11) is 0. The van der Waals surface area contributed by atoms with Gasteiger partial charge in [-0.05, 0) is 23.3 Å². The molecule has 0 fully saturated rings. The average Bonchev–Trinajstić information content (AvgIpc) is 2.82. The molecular formula is C14H16INOS. The molecule has 0 radical (unpaired) electrons. The van der Waals surface area contributed by atoms with Crippen molar-refractivity contribution in [1.82, 2.24) is 5.32 Å². The summed E-state index contributed by atoms with van der Waals surface area (Å²) in [5.74, 6) is 0.0573. The number of hydrogen-bond acceptors (Lipinski definition) is 2. The zero-order valence-corrected chi connectivity index (χ0v) is 13.1. The summed E-state index contributed by atoms with van der Waals surface area (Å²) in [5, 5.41) is 6.01. The minimum absolute atomic E-state index is 0.0573. The first-order chi connectivity index (χ1) is 8.83. The van der Waals surface area contributed by atoms with Crippen molar-refractivity contribution in [2.45, 2.75) is 19.3 Å². The molecule has 0 atom stereocenters. The molecule has 18 heavy (non-hydrogen) atoms. The van der Waals surface area contributed by atoms with Crippen LogP contribution in [0, 0.1) is 0 Å². The highest BCUT2D eigenvalue weighted by Crippen LogP contribution is 2.25. The second-order valence-electron chi connectivity index (χ2n) is 4.15. The van der Waals surface area contributed by atoms with Gasteiger partial charge in [0.15, 0.2) is 0 Å². The fourth-order valence-corrected chi connectivity index (χ4v) is 3.33. The number of nitrogens with one attached hydrogen (secondary N) is 1. The molecule has 1 aromatic heterocycles. The standard InChI is InChI=1S/C14H16INOS/c15-8-4-1-5-9-16-14(17)12-10-18-13-7-3-2-6-11(12)13/h2-3,6-7,10H,1,4-5,8-9H2,(H,16,17). The Kier molecular flexibility index (Phi) is 5.44. The molecule has 1 amide bonds. The third-order valence-electron chi connectivity index (χ3n) is 2.82. The summed E-state index contributed by atoms with van der Waals surface area (Å²) < 4.78 is 2.37. The predicted octanol–water partition coefficient (Wildman–Crippen LogP) is 4.24. The summed E-state index contributed by atoms with van der Waals surface area (Å²) in [6, 6.07) is 8.05. The molecule has 0 aliphatic carbocycles. The van der Waals surface area contributed by atoms with Crippen LogP contribution < -0.4 is 5.32 Å². The fourth-order valence-electron chi connectivity index (χ4n) is 1.85. The Labute approximate surface area is 125 Å². The van der Waals surface area contributed by atoms with E-state index in [4.69, 9.17) is 0 Å². The third-order valence-corrected chi connectivity index (χ3v) is 4.55. The van der Waals surface area contributed by atoms with E-state index in [1.807, 2.05) is 23.6 Å². The maximum atomic E-state index is 12.0. The summed E-state index contributed by atoms with van der Waals surface area (Å²) >= 11 is 4.01. The SMILES string of the molecule is O=C(NCCCCCI)c1csc2ccccc12. The lowest BCUT2D eigenvalue weighted by atomic mass is 10.1. The second-order valence-corrected chi connectivity index (χ2v) is 6.14. The van der Waals surface area contributed by atoms with Crippen LogP contribution in [0.25, 0.3) is 10.1 Å². The minimum atomic E-state index is 0.0573. The Morgan fingerprint density at radius 2 is 2.06 bits per heavy atom. The number of carbonyl (C=O) groups excluding carboxylic acids is 1. The van der Waals surface area contributed by atoms with Gasteiger partial charge in [-0.3, -0.25) is 4.79 Å². The molecule has 1 N–H and O–H groups in total. The van der Waals surface area contributed by atoms with Crippen LogP contribution in [-0.4, -0.2) is 16.9 Å². The van der Waals surface area contributed by atoms with Gasteiger partial charge in [-0.1, -0.05) is 47.2 Å². The number of benzene rings is 1. The van der Waals surface area contributed by atoms with E-state index in [9.17, 15) is 4.79 Å². The maximum absolute atomic E-state index is 12.0. The Morgan fingerprint density at radius 3 is 2.89 bits per heavy atom. The molecule has 2 nitrogen and oxygen atoms in total. The van der Waals surface area contributed by atoms with Crippen molar-refractivity contribution in [2.24, 2.45) is 0 Å². The largest absolute Gasteiger partial charge is 0.352 e. The molecule has 0 aliphatic rings. The fraction of sp³-hybridized carbons (Fsp3) is 0.357. The van der Waals surface area contributed by atoms with Crippen molar-refractivity contribution in [3.05, 3.63) is 35.2 Å². The first kappa shape index (κ1) is 13.8. The van der Waals surface area contributed by atoms with Crippen molar-refractivity contribution in [3.8, 4) is 0 Å². The van der Waals surface area contributed by atoms with Gasteiger partial charge in [0.25, 0.3) is 5.91 Å². The number of hydrogen-bond donors (Lipinski definition) is 1. The van der Waals surface area contributed by atoms with E-state index in [-0.39, 0.29) is 5.91 Å². The van der Waals surface area contributed by atoms with Crippen molar-refractivity contribution in [3.63, 3.8) is 0 Å². The van der Waals surface area contributed by atoms with E-state index in [1.165, 1.54) is 22.0 Å². The lowest BCUT2D eigenvalue weighted by molar-refractivity contribution is 0.0955. The minimum Gasteiger partial charge on any atom is -0.352 e. The van der Waals surface area contributed by atoms with Crippen molar-refractivity contribution >= 4 is 49.9 Å². The molecular weight excluding hydrogens is 357 g/mol. The smallest absolute Gasteiger partial charge is 0.252 e. The quantitative estimate of drug-likeness (QED) is 0.458. The lowest BCUT2D eigenvalue weighted by Crippen LogP contribution is -2.24. The van der Waals surface area contributed by atoms with E-state index >= 15 is 0 Å². The highest BCUT2D eigenvalue weighted by Gasteiger charge is 2.10. The molecule has 4 heteroatoms. The van der Waals surface area contributed by atoms with Crippen LogP contribution in [0.3, 0.4) is 0 Å². The van der Waals surface area contributed by atoms with E-state index < -0.39 is 0 Å². The number of alkyl halides is 1. The Hall–Kier alpha value is -0.620. The first-order valence-corrected chi connectivity index (χ1v) is 8.54. The van der Waals surface area contributed by atoms with Crippen LogP contribution in [0.2, 0.25) is 0 Å². The normalized spacial score (nSPS) is 10.7. The number of fused-ring (bicyclic) bond motifs is 1. The maximum Gasteiger partial charge on any atom is 0.252 e. The molecule has 2 aromatic rings. The molecule has 0 saturated heterocycles. The summed E-state index contributed by atoms with van der Waals surface area (Å²) in [5.41, 5.74) is 0.810. The number of amides is 1. The summed E-state index contributed by atoms with van der Waals surface area (Å²) in [6.07, 6.45) is 3.49. The van der Waals surface area contributed by atoms with Gasteiger partial charge in [-0.2, -0.15) is 0 Å². The number of thiophene rings is 1. The van der Waals surface area contributed by atoms with Crippen LogP contribution in [0.15, 0.2) is 29.6 Å². The summed E-state index contributed by atoms with van der Waals surface area (Å²) in [6.45, 7) is 0.777. The monoisotopic (exact) mass is 373 g/mol. The highest BCUT2D eigenvalue weighted by molar-refractivity contribution is 14.1. The van der Waals surface area contributed by atoms with E-state index in [0.29, 0.717) is 0 Å². The zero-order valence-electron chi connectivity index (χ0n) is 10.1. The molecule has 0 spiro atoms. The number of unbranched alkanes of at least 4 members (excludes halogenated alkanes) is 2. The van der Waals surface area contributed by atoms with Gasteiger partial charge in [0.2, 0.25) is 0 Å². The number of rotatable bonds is 6. The Bertz CT molecular complexity index is 523. The van der Waals surface area contributed by atoms with Gasteiger partial charge in [-0.25, -0.2) is 0 Å². The van der Waals surface area contributed by atoms with Gasteiger partial charge in [0.05, 0.1) is 5.56 Å². The molecule has 2 rings (SSSR count). The van der Waals surface area contributed by atoms with Gasteiger partial charge >= 0.3 is 0 Å². The van der Waals surface area contributed by atoms with Gasteiger partial charge in [-0.15, -0.1) is 11.3 Å². The van der Waals surface area contributed by atoms with Crippen molar-refractivity contribution in [2.75, 3.05) is 11.0 Å². The Morgan fingerprint density at radius 1 is 1.22 bits per heavy atom. The van der Waals surface area contributed by atoms with E-state index in [2.05, 4.69) is 34.0 Å². The third kappa shape index (κ3) is 3.45.